The lowest BCUT2D eigenvalue weighted by molar-refractivity contribution is 0.418. The summed E-state index contributed by atoms with van der Waals surface area (Å²) in [6.45, 7) is 6.15. The number of fused-ring (bicyclic) bond motifs is 1. The Labute approximate surface area is 107 Å². The minimum atomic E-state index is 0.780. The van der Waals surface area contributed by atoms with Gasteiger partial charge in [-0.15, -0.1) is 0 Å². The molecule has 0 aliphatic rings. The zero-order valence-corrected chi connectivity index (χ0v) is 11.4. The molecule has 0 spiro atoms. The monoisotopic (exact) mass is 249 g/mol. The summed E-state index contributed by atoms with van der Waals surface area (Å²) < 4.78 is 5.36. The molecule has 0 atom stereocenters. The second-order valence-electron chi connectivity index (χ2n) is 4.16. The predicted molar refractivity (Wildman–Crippen MR) is 72.2 cm³/mol. The Morgan fingerprint density at radius 2 is 2.00 bits per heavy atom. The first-order valence-corrected chi connectivity index (χ1v) is 6.10. The van der Waals surface area contributed by atoms with Crippen molar-refractivity contribution in [3.63, 3.8) is 0 Å². The Kier molecular flexibility index (Phi) is 3.25. The molecule has 0 amide bonds. The van der Waals surface area contributed by atoms with Crippen molar-refractivity contribution < 1.29 is 4.74 Å². The van der Waals surface area contributed by atoms with E-state index in [0.717, 1.165) is 44.9 Å². The first-order valence-electron chi connectivity index (χ1n) is 5.72. The number of aryl methyl sites for hydroxylation is 2. The van der Waals surface area contributed by atoms with E-state index in [4.69, 9.17) is 16.3 Å². The van der Waals surface area contributed by atoms with Crippen LogP contribution in [0, 0.1) is 13.8 Å². The number of aromatic nitrogens is 1. The maximum atomic E-state index is 6.45. The molecule has 0 radical (unpaired) electrons. The largest absolute Gasteiger partial charge is 0.494 e. The first kappa shape index (κ1) is 12.2. The van der Waals surface area contributed by atoms with E-state index in [1.165, 1.54) is 0 Å². The molecule has 90 valence electrons. The topological polar surface area (TPSA) is 22.1 Å². The van der Waals surface area contributed by atoms with Crippen molar-refractivity contribution in [2.45, 2.75) is 27.2 Å². The van der Waals surface area contributed by atoms with E-state index in [2.05, 4.69) is 11.9 Å². The molecule has 2 nitrogen and oxygen atoms in total. The van der Waals surface area contributed by atoms with Crippen LogP contribution < -0.4 is 4.74 Å². The van der Waals surface area contributed by atoms with Crippen LogP contribution in [0.4, 0.5) is 0 Å². The van der Waals surface area contributed by atoms with Crippen LogP contribution in [0.1, 0.15) is 23.7 Å². The Hall–Kier alpha value is -1.28. The summed E-state index contributed by atoms with van der Waals surface area (Å²) in [7, 11) is 1.66. The molecule has 0 fully saturated rings. The molecular weight excluding hydrogens is 234 g/mol. The van der Waals surface area contributed by atoms with Crippen molar-refractivity contribution >= 4 is 22.5 Å². The summed E-state index contributed by atoms with van der Waals surface area (Å²) in [5.74, 6) is 0.780. The molecule has 0 unspecified atom stereocenters. The van der Waals surface area contributed by atoms with Crippen LogP contribution in [0.15, 0.2) is 12.1 Å². The summed E-state index contributed by atoms with van der Waals surface area (Å²) in [5.41, 5.74) is 4.09. The van der Waals surface area contributed by atoms with Gasteiger partial charge in [0.25, 0.3) is 0 Å². The van der Waals surface area contributed by atoms with Gasteiger partial charge in [-0.25, -0.2) is 4.98 Å². The maximum Gasteiger partial charge on any atom is 0.145 e. The Morgan fingerprint density at radius 1 is 1.29 bits per heavy atom. The second kappa shape index (κ2) is 4.53. The van der Waals surface area contributed by atoms with Crippen LogP contribution in [-0.4, -0.2) is 12.1 Å². The number of nitrogens with zero attached hydrogens (tertiary/aromatic N) is 1. The Bertz CT molecular complexity index is 578. The molecule has 2 rings (SSSR count). The third-order valence-corrected chi connectivity index (χ3v) is 3.60. The molecule has 1 heterocycles. The van der Waals surface area contributed by atoms with Gasteiger partial charge in [0.05, 0.1) is 12.1 Å². The zero-order valence-electron chi connectivity index (χ0n) is 10.6. The lowest BCUT2D eigenvalue weighted by Gasteiger charge is -2.13. The number of halogens is 1. The van der Waals surface area contributed by atoms with Crippen LogP contribution >= 0.6 is 11.6 Å². The van der Waals surface area contributed by atoms with Crippen LogP contribution in [0.25, 0.3) is 10.9 Å². The molecule has 0 bridgehead atoms. The highest BCUT2D eigenvalue weighted by molar-refractivity contribution is 6.36. The number of rotatable bonds is 2. The molecule has 0 aliphatic carbocycles. The maximum absolute atomic E-state index is 6.45. The fourth-order valence-corrected chi connectivity index (χ4v) is 2.45. The quantitative estimate of drug-likeness (QED) is 0.800. The van der Waals surface area contributed by atoms with Crippen LogP contribution in [0.3, 0.4) is 0 Å². The normalized spacial score (nSPS) is 10.9. The highest BCUT2D eigenvalue weighted by Gasteiger charge is 2.14. The van der Waals surface area contributed by atoms with Crippen molar-refractivity contribution in [2.24, 2.45) is 0 Å². The van der Waals surface area contributed by atoms with Crippen molar-refractivity contribution in [1.82, 2.24) is 4.98 Å². The first-order chi connectivity index (χ1) is 8.10. The van der Waals surface area contributed by atoms with Crippen molar-refractivity contribution in [1.29, 1.82) is 0 Å². The van der Waals surface area contributed by atoms with Gasteiger partial charge in [-0.05, 0) is 37.5 Å². The average molecular weight is 250 g/mol. The summed E-state index contributed by atoms with van der Waals surface area (Å²) in [6.07, 6.45) is 0.874. The second-order valence-corrected chi connectivity index (χ2v) is 4.54. The van der Waals surface area contributed by atoms with E-state index in [0.29, 0.717) is 0 Å². The predicted octanol–water partition coefficient (Wildman–Crippen LogP) is 4.08. The van der Waals surface area contributed by atoms with Crippen LogP contribution in [0.5, 0.6) is 5.75 Å². The van der Waals surface area contributed by atoms with E-state index >= 15 is 0 Å². The highest BCUT2D eigenvalue weighted by Crippen LogP contribution is 2.35. The molecule has 0 aliphatic heterocycles. The van der Waals surface area contributed by atoms with Crippen molar-refractivity contribution in [2.75, 3.05) is 7.11 Å². The van der Waals surface area contributed by atoms with Gasteiger partial charge < -0.3 is 4.74 Å². The van der Waals surface area contributed by atoms with Crippen LogP contribution in [0.2, 0.25) is 5.02 Å². The Balaban J connectivity index is 2.94. The van der Waals surface area contributed by atoms with Gasteiger partial charge in [-0.2, -0.15) is 0 Å². The van der Waals surface area contributed by atoms with Crippen molar-refractivity contribution in [3.8, 4) is 5.75 Å². The highest BCUT2D eigenvalue weighted by atomic mass is 35.5. The molecule has 0 N–H and O–H groups in total. The lowest BCUT2D eigenvalue weighted by atomic mass is 10.0. The average Bonchev–Trinajstić information content (AvgIpc) is 2.33. The summed E-state index contributed by atoms with van der Waals surface area (Å²) >= 11 is 6.45. The molecule has 1 aromatic carbocycles. The smallest absolute Gasteiger partial charge is 0.145 e. The lowest BCUT2D eigenvalue weighted by Crippen LogP contribution is -1.98. The van der Waals surface area contributed by atoms with Gasteiger partial charge in [0.2, 0.25) is 0 Å². The fraction of sp³-hybridized carbons (Fsp3) is 0.357. The third-order valence-electron chi connectivity index (χ3n) is 3.13. The van der Waals surface area contributed by atoms with Gasteiger partial charge >= 0.3 is 0 Å². The SMILES string of the molecule is CCc1nc2c(OC)ccc(C)c2c(Cl)c1C. The number of pyridine rings is 1. The van der Waals surface area contributed by atoms with Gasteiger partial charge in [0, 0.05) is 11.1 Å². The van der Waals surface area contributed by atoms with Gasteiger partial charge in [-0.3, -0.25) is 0 Å². The fourth-order valence-electron chi connectivity index (χ4n) is 2.10. The molecular formula is C14H16ClNO. The summed E-state index contributed by atoms with van der Waals surface area (Å²) in [5, 5.41) is 1.80. The number of benzene rings is 1. The number of methoxy groups -OCH3 is 1. The molecule has 1 aromatic heterocycles. The minimum Gasteiger partial charge on any atom is -0.494 e. The van der Waals surface area contributed by atoms with Crippen LogP contribution in [-0.2, 0) is 6.42 Å². The zero-order chi connectivity index (χ0) is 12.6. The van der Waals surface area contributed by atoms with E-state index in [1.807, 2.05) is 26.0 Å². The van der Waals surface area contributed by atoms with E-state index in [9.17, 15) is 0 Å². The Morgan fingerprint density at radius 3 is 2.59 bits per heavy atom. The summed E-state index contributed by atoms with van der Waals surface area (Å²) in [4.78, 5) is 4.68. The van der Waals surface area contributed by atoms with Gasteiger partial charge in [-0.1, -0.05) is 24.6 Å². The minimum absolute atomic E-state index is 0.780. The van der Waals surface area contributed by atoms with E-state index < -0.39 is 0 Å². The van der Waals surface area contributed by atoms with E-state index in [1.54, 1.807) is 7.11 Å². The standard InChI is InChI=1S/C14H16ClNO/c1-5-10-9(3)13(15)12-8(2)6-7-11(17-4)14(12)16-10/h6-7H,5H2,1-4H3. The number of ether oxygens (including phenoxy) is 1. The van der Waals surface area contributed by atoms with Gasteiger partial charge in [0.15, 0.2) is 0 Å². The van der Waals surface area contributed by atoms with Crippen molar-refractivity contribution in [3.05, 3.63) is 34.0 Å². The number of hydrogen-bond donors (Lipinski definition) is 0. The molecule has 0 saturated carbocycles. The van der Waals surface area contributed by atoms with Gasteiger partial charge in [0.1, 0.15) is 11.3 Å². The van der Waals surface area contributed by atoms with E-state index in [-0.39, 0.29) is 0 Å². The molecule has 0 saturated heterocycles. The number of hydrogen-bond acceptors (Lipinski definition) is 2. The third kappa shape index (κ3) is 1.87. The summed E-state index contributed by atoms with van der Waals surface area (Å²) in [6, 6.07) is 3.95. The molecule has 3 heteroatoms. The molecule has 2 aromatic rings. The molecule has 17 heavy (non-hydrogen) atoms.